The molecule has 0 bridgehead atoms. The third-order valence-corrected chi connectivity index (χ3v) is 3.87. The van der Waals surface area contributed by atoms with Crippen molar-refractivity contribution in [3.05, 3.63) is 69.3 Å². The van der Waals surface area contributed by atoms with Crippen LogP contribution < -0.4 is 0 Å². The van der Waals surface area contributed by atoms with E-state index in [2.05, 4.69) is 65.0 Å². The Balaban J connectivity index is 2.30. The summed E-state index contributed by atoms with van der Waals surface area (Å²) >= 11 is 0. The lowest BCUT2D eigenvalue weighted by atomic mass is 9.92. The van der Waals surface area contributed by atoms with Gasteiger partial charge in [0.25, 0.3) is 0 Å². The van der Waals surface area contributed by atoms with Crippen LogP contribution in [-0.4, -0.2) is 5.11 Å². The SMILES string of the molecule is Cc1cc(C)cc(C(O)Cc2c(C)cc(C)cc2C)c1. The van der Waals surface area contributed by atoms with Gasteiger partial charge in [0.05, 0.1) is 6.10 Å². The predicted octanol–water partition coefficient (Wildman–Crippen LogP) is 4.50. The van der Waals surface area contributed by atoms with E-state index in [0.717, 1.165) is 5.56 Å². The van der Waals surface area contributed by atoms with E-state index in [0.29, 0.717) is 6.42 Å². The first-order chi connectivity index (χ1) is 9.36. The van der Waals surface area contributed by atoms with Gasteiger partial charge < -0.3 is 5.11 Å². The molecule has 0 heterocycles. The van der Waals surface area contributed by atoms with Crippen molar-refractivity contribution in [3.8, 4) is 0 Å². The molecule has 1 unspecified atom stereocenters. The molecule has 2 rings (SSSR count). The third-order valence-electron chi connectivity index (χ3n) is 3.87. The van der Waals surface area contributed by atoms with Crippen LogP contribution in [0.4, 0.5) is 0 Å². The third kappa shape index (κ3) is 3.29. The molecule has 2 aromatic carbocycles. The zero-order valence-corrected chi connectivity index (χ0v) is 13.1. The molecule has 106 valence electrons. The highest BCUT2D eigenvalue weighted by Gasteiger charge is 2.13. The number of aryl methyl sites for hydroxylation is 5. The minimum Gasteiger partial charge on any atom is -0.388 e. The van der Waals surface area contributed by atoms with Gasteiger partial charge in [-0.25, -0.2) is 0 Å². The van der Waals surface area contributed by atoms with E-state index in [1.807, 2.05) is 0 Å². The Morgan fingerprint density at radius 3 is 1.70 bits per heavy atom. The number of aliphatic hydroxyl groups excluding tert-OH is 1. The Labute approximate surface area is 122 Å². The molecule has 0 aliphatic heterocycles. The van der Waals surface area contributed by atoms with E-state index >= 15 is 0 Å². The van der Waals surface area contributed by atoms with Crippen molar-refractivity contribution in [2.75, 3.05) is 0 Å². The summed E-state index contributed by atoms with van der Waals surface area (Å²) in [6.45, 7) is 10.5. The maximum absolute atomic E-state index is 10.5. The Bertz CT molecular complexity index is 582. The van der Waals surface area contributed by atoms with E-state index in [9.17, 15) is 5.11 Å². The van der Waals surface area contributed by atoms with Gasteiger partial charge in [0.2, 0.25) is 0 Å². The quantitative estimate of drug-likeness (QED) is 0.868. The minimum atomic E-state index is -0.436. The second-order valence-electron chi connectivity index (χ2n) is 6.02. The fourth-order valence-corrected chi connectivity index (χ4v) is 3.05. The number of hydrogen-bond acceptors (Lipinski definition) is 1. The molecule has 0 spiro atoms. The van der Waals surface area contributed by atoms with Crippen LogP contribution >= 0.6 is 0 Å². The van der Waals surface area contributed by atoms with Gasteiger partial charge in [-0.05, 0) is 56.9 Å². The van der Waals surface area contributed by atoms with Crippen LogP contribution in [0.15, 0.2) is 30.3 Å². The van der Waals surface area contributed by atoms with E-state index < -0.39 is 6.10 Å². The highest BCUT2D eigenvalue weighted by Crippen LogP contribution is 2.25. The molecule has 0 aromatic heterocycles. The molecule has 0 aliphatic carbocycles. The summed E-state index contributed by atoms with van der Waals surface area (Å²) in [6.07, 6.45) is 0.245. The van der Waals surface area contributed by atoms with E-state index in [1.165, 1.54) is 33.4 Å². The summed E-state index contributed by atoms with van der Waals surface area (Å²) in [5, 5.41) is 10.5. The smallest absolute Gasteiger partial charge is 0.0830 e. The monoisotopic (exact) mass is 268 g/mol. The maximum atomic E-state index is 10.5. The molecule has 0 saturated heterocycles. The first-order valence-electron chi connectivity index (χ1n) is 7.20. The van der Waals surface area contributed by atoms with E-state index in [4.69, 9.17) is 0 Å². The summed E-state index contributed by atoms with van der Waals surface area (Å²) in [6, 6.07) is 10.7. The number of benzene rings is 2. The molecular weight excluding hydrogens is 244 g/mol. The van der Waals surface area contributed by atoms with Crippen molar-refractivity contribution >= 4 is 0 Å². The molecule has 0 fully saturated rings. The lowest BCUT2D eigenvalue weighted by molar-refractivity contribution is 0.178. The Morgan fingerprint density at radius 2 is 1.20 bits per heavy atom. The fourth-order valence-electron chi connectivity index (χ4n) is 3.05. The van der Waals surface area contributed by atoms with Crippen molar-refractivity contribution in [3.63, 3.8) is 0 Å². The van der Waals surface area contributed by atoms with Crippen LogP contribution in [-0.2, 0) is 6.42 Å². The Hall–Kier alpha value is -1.60. The van der Waals surface area contributed by atoms with Crippen molar-refractivity contribution in [1.82, 2.24) is 0 Å². The molecule has 1 atom stereocenters. The zero-order valence-electron chi connectivity index (χ0n) is 13.1. The van der Waals surface area contributed by atoms with Crippen LogP contribution in [0.5, 0.6) is 0 Å². The van der Waals surface area contributed by atoms with E-state index in [-0.39, 0.29) is 0 Å². The van der Waals surface area contributed by atoms with Crippen LogP contribution in [0.3, 0.4) is 0 Å². The second-order valence-corrected chi connectivity index (χ2v) is 6.02. The van der Waals surface area contributed by atoms with Crippen LogP contribution in [0.2, 0.25) is 0 Å². The first kappa shape index (κ1) is 14.8. The van der Waals surface area contributed by atoms with Gasteiger partial charge >= 0.3 is 0 Å². The molecule has 0 radical (unpaired) electrons. The van der Waals surface area contributed by atoms with Gasteiger partial charge in [0.1, 0.15) is 0 Å². The van der Waals surface area contributed by atoms with Crippen molar-refractivity contribution in [2.24, 2.45) is 0 Å². The summed E-state index contributed by atoms with van der Waals surface area (Å²) in [4.78, 5) is 0. The Morgan fingerprint density at radius 1 is 0.750 bits per heavy atom. The molecule has 0 saturated carbocycles. The normalized spacial score (nSPS) is 12.5. The molecule has 0 aliphatic rings. The summed E-state index contributed by atoms with van der Waals surface area (Å²) in [5.74, 6) is 0. The molecule has 1 nitrogen and oxygen atoms in total. The number of aliphatic hydroxyl groups is 1. The maximum Gasteiger partial charge on any atom is 0.0830 e. The van der Waals surface area contributed by atoms with Crippen LogP contribution in [0, 0.1) is 34.6 Å². The number of hydrogen-bond donors (Lipinski definition) is 1. The lowest BCUT2D eigenvalue weighted by Crippen LogP contribution is -2.06. The van der Waals surface area contributed by atoms with Gasteiger partial charge in [-0.2, -0.15) is 0 Å². The lowest BCUT2D eigenvalue weighted by Gasteiger charge is -2.17. The first-order valence-corrected chi connectivity index (χ1v) is 7.20. The predicted molar refractivity (Wildman–Crippen MR) is 85.2 cm³/mol. The Kier molecular flexibility index (Phi) is 4.29. The standard InChI is InChI=1S/C19H24O/c1-12-6-13(2)10-17(9-12)19(20)11-18-15(4)7-14(3)8-16(18)5/h6-10,19-20H,11H2,1-5H3. The van der Waals surface area contributed by atoms with E-state index in [1.54, 1.807) is 0 Å². The zero-order chi connectivity index (χ0) is 14.9. The van der Waals surface area contributed by atoms with Gasteiger partial charge in [-0.3, -0.25) is 0 Å². The molecule has 0 amide bonds. The number of rotatable bonds is 3. The summed E-state index contributed by atoms with van der Waals surface area (Å²) in [7, 11) is 0. The van der Waals surface area contributed by atoms with Crippen molar-refractivity contribution in [1.29, 1.82) is 0 Å². The average molecular weight is 268 g/mol. The van der Waals surface area contributed by atoms with Gasteiger partial charge in [-0.1, -0.05) is 47.0 Å². The molecule has 1 N–H and O–H groups in total. The van der Waals surface area contributed by atoms with Crippen LogP contribution in [0.25, 0.3) is 0 Å². The molecule has 2 aromatic rings. The molecule has 1 heteroatoms. The van der Waals surface area contributed by atoms with Gasteiger partial charge in [0.15, 0.2) is 0 Å². The highest BCUT2D eigenvalue weighted by molar-refractivity contribution is 5.39. The van der Waals surface area contributed by atoms with Gasteiger partial charge in [0, 0.05) is 6.42 Å². The van der Waals surface area contributed by atoms with Crippen molar-refractivity contribution < 1.29 is 5.11 Å². The molecular formula is C19H24O. The topological polar surface area (TPSA) is 20.2 Å². The fraction of sp³-hybridized carbons (Fsp3) is 0.368. The van der Waals surface area contributed by atoms with Crippen LogP contribution in [0.1, 0.15) is 45.0 Å². The molecule has 20 heavy (non-hydrogen) atoms. The average Bonchev–Trinajstić information content (AvgIpc) is 2.32. The minimum absolute atomic E-state index is 0.436. The largest absolute Gasteiger partial charge is 0.388 e. The highest BCUT2D eigenvalue weighted by atomic mass is 16.3. The van der Waals surface area contributed by atoms with Gasteiger partial charge in [-0.15, -0.1) is 0 Å². The summed E-state index contributed by atoms with van der Waals surface area (Å²) in [5.41, 5.74) is 8.51. The van der Waals surface area contributed by atoms with Crippen molar-refractivity contribution in [2.45, 2.75) is 47.1 Å². The second kappa shape index (κ2) is 5.80. The summed E-state index contributed by atoms with van der Waals surface area (Å²) < 4.78 is 0.